The Bertz CT molecular complexity index is 228. The van der Waals surface area contributed by atoms with Crippen LogP contribution in [-0.2, 0) is 6.42 Å². The van der Waals surface area contributed by atoms with Crippen LogP contribution in [0.2, 0.25) is 0 Å². The Kier molecular flexibility index (Phi) is 7.99. The van der Waals surface area contributed by atoms with E-state index in [0.29, 0.717) is 0 Å². The minimum atomic E-state index is 0. The smallest absolute Gasteiger partial charge is 1.00 e. The molecule has 0 fully saturated rings. The predicted octanol–water partition coefficient (Wildman–Crippen LogP) is -0.313. The van der Waals surface area contributed by atoms with E-state index in [9.17, 15) is 0 Å². The van der Waals surface area contributed by atoms with E-state index in [0.717, 1.165) is 13.0 Å². The van der Waals surface area contributed by atoms with Gasteiger partial charge in [-0.15, -0.1) is 0 Å². The van der Waals surface area contributed by atoms with Crippen molar-refractivity contribution in [3.05, 3.63) is 35.9 Å². The molecule has 0 radical (unpaired) electrons. The molecule has 0 spiro atoms. The fraction of sp³-hybridized carbons (Fsp3) is 0.500. The Labute approximate surface area is 101 Å². The van der Waals surface area contributed by atoms with Crippen molar-refractivity contribution in [1.82, 2.24) is 4.90 Å². The molecule has 0 aromatic heterocycles. The first kappa shape index (κ1) is 13.8. The van der Waals surface area contributed by atoms with E-state index in [1.807, 2.05) is 0 Å². The summed E-state index contributed by atoms with van der Waals surface area (Å²) in [6, 6.07) is 10.7. The zero-order chi connectivity index (χ0) is 9.52. The average molecular weight is 185 g/mol. The Morgan fingerprint density at radius 1 is 1.14 bits per heavy atom. The molecule has 0 saturated heterocycles. The van der Waals surface area contributed by atoms with Crippen LogP contribution in [0.25, 0.3) is 0 Å². The molecule has 0 atom stereocenters. The zero-order valence-corrected chi connectivity index (χ0v) is 9.66. The van der Waals surface area contributed by atoms with Gasteiger partial charge in [-0.05, 0) is 32.0 Å². The fourth-order valence-electron chi connectivity index (χ4n) is 1.46. The van der Waals surface area contributed by atoms with Crippen molar-refractivity contribution in [2.24, 2.45) is 0 Å². The van der Waals surface area contributed by atoms with E-state index in [1.165, 1.54) is 18.5 Å². The van der Waals surface area contributed by atoms with Crippen LogP contribution in [0.4, 0.5) is 0 Å². The molecule has 0 bridgehead atoms. The molecule has 1 aromatic rings. The fourth-order valence-corrected chi connectivity index (χ4v) is 1.46. The van der Waals surface area contributed by atoms with Gasteiger partial charge < -0.3 is 6.33 Å². The van der Waals surface area contributed by atoms with Gasteiger partial charge in [-0.3, -0.25) is 0 Å². The molecule has 1 rings (SSSR count). The number of hydrogen-bond acceptors (Lipinski definition) is 1. The second kappa shape index (κ2) is 8.12. The predicted molar refractivity (Wildman–Crippen MR) is 59.0 cm³/mol. The SMILES string of the molecule is CCCN(C)CCc1ccccc1.[H-].[Li+]. The van der Waals surface area contributed by atoms with Crippen molar-refractivity contribution in [2.75, 3.05) is 20.1 Å². The van der Waals surface area contributed by atoms with Crippen LogP contribution in [0.3, 0.4) is 0 Å². The summed E-state index contributed by atoms with van der Waals surface area (Å²) in [6.07, 6.45) is 2.41. The maximum Gasteiger partial charge on any atom is 1.00 e. The van der Waals surface area contributed by atoms with Crippen molar-refractivity contribution in [3.8, 4) is 0 Å². The van der Waals surface area contributed by atoms with Crippen molar-refractivity contribution in [2.45, 2.75) is 19.8 Å². The van der Waals surface area contributed by atoms with Gasteiger partial charge in [0.15, 0.2) is 0 Å². The molecule has 74 valence electrons. The van der Waals surface area contributed by atoms with Crippen LogP contribution in [-0.4, -0.2) is 25.0 Å². The third-order valence-corrected chi connectivity index (χ3v) is 2.23. The molecule has 0 saturated carbocycles. The minimum Gasteiger partial charge on any atom is -1.00 e. The molecule has 2 heteroatoms. The Balaban J connectivity index is 0. The quantitative estimate of drug-likeness (QED) is 0.569. The van der Waals surface area contributed by atoms with E-state index in [2.05, 4.69) is 49.2 Å². The molecule has 1 aromatic carbocycles. The van der Waals surface area contributed by atoms with Crippen LogP contribution < -0.4 is 18.9 Å². The summed E-state index contributed by atoms with van der Waals surface area (Å²) in [6.45, 7) is 4.59. The largest absolute Gasteiger partial charge is 1.00 e. The van der Waals surface area contributed by atoms with Crippen LogP contribution in [0.1, 0.15) is 20.3 Å². The molecule has 0 heterocycles. The Hall–Kier alpha value is -0.223. The van der Waals surface area contributed by atoms with E-state index >= 15 is 0 Å². The third kappa shape index (κ3) is 5.50. The Morgan fingerprint density at radius 3 is 2.36 bits per heavy atom. The summed E-state index contributed by atoms with van der Waals surface area (Å²) in [5.74, 6) is 0. The van der Waals surface area contributed by atoms with Crippen molar-refractivity contribution in [1.29, 1.82) is 0 Å². The molecule has 1 nitrogen and oxygen atoms in total. The minimum absolute atomic E-state index is 0. The maximum absolute atomic E-state index is 2.38. The van der Waals surface area contributed by atoms with Gasteiger partial charge in [-0.25, -0.2) is 0 Å². The van der Waals surface area contributed by atoms with Crippen LogP contribution in [0.15, 0.2) is 30.3 Å². The van der Waals surface area contributed by atoms with Crippen molar-refractivity contribution in [3.63, 3.8) is 0 Å². The second-order valence-electron chi connectivity index (χ2n) is 3.54. The van der Waals surface area contributed by atoms with Crippen molar-refractivity contribution >= 4 is 0 Å². The molecule has 0 aliphatic rings. The van der Waals surface area contributed by atoms with E-state index in [1.54, 1.807) is 0 Å². The second-order valence-corrected chi connectivity index (χ2v) is 3.54. The van der Waals surface area contributed by atoms with Gasteiger partial charge in [0.05, 0.1) is 0 Å². The first-order valence-corrected chi connectivity index (χ1v) is 5.05. The number of hydrogen-bond donors (Lipinski definition) is 0. The average Bonchev–Trinajstić information content (AvgIpc) is 2.17. The molecular weight excluding hydrogens is 165 g/mol. The monoisotopic (exact) mass is 185 g/mol. The molecule has 0 unspecified atom stereocenters. The van der Waals surface area contributed by atoms with Gasteiger partial charge in [0.25, 0.3) is 0 Å². The molecule has 14 heavy (non-hydrogen) atoms. The summed E-state index contributed by atoms with van der Waals surface area (Å²) in [4.78, 5) is 2.38. The van der Waals surface area contributed by atoms with E-state index in [4.69, 9.17) is 0 Å². The molecular formula is C12H20LiN. The maximum atomic E-state index is 2.38. The van der Waals surface area contributed by atoms with Gasteiger partial charge in [-0.1, -0.05) is 37.3 Å². The topological polar surface area (TPSA) is 3.24 Å². The zero-order valence-electron chi connectivity index (χ0n) is 10.7. The summed E-state index contributed by atoms with van der Waals surface area (Å²) >= 11 is 0. The molecule has 0 aliphatic heterocycles. The number of benzene rings is 1. The van der Waals surface area contributed by atoms with Crippen molar-refractivity contribution < 1.29 is 20.3 Å². The molecule has 0 aliphatic carbocycles. The summed E-state index contributed by atoms with van der Waals surface area (Å²) in [7, 11) is 2.19. The van der Waals surface area contributed by atoms with Crippen LogP contribution in [0.5, 0.6) is 0 Å². The van der Waals surface area contributed by atoms with Crippen LogP contribution >= 0.6 is 0 Å². The van der Waals surface area contributed by atoms with Gasteiger partial charge in [0.2, 0.25) is 0 Å². The van der Waals surface area contributed by atoms with Gasteiger partial charge in [0, 0.05) is 6.54 Å². The standard InChI is InChI=1S/C12H19N.Li.H/c1-3-10-13(2)11-9-12-7-5-4-6-8-12;;/h4-8H,3,9-11H2,1-2H3;;/q;+1;-1. The summed E-state index contributed by atoms with van der Waals surface area (Å²) in [5.41, 5.74) is 1.44. The molecule has 0 N–H and O–H groups in total. The number of nitrogens with zero attached hydrogens (tertiary/aromatic N) is 1. The first-order valence-electron chi connectivity index (χ1n) is 5.05. The number of likely N-dealkylation sites (N-methyl/N-ethyl adjacent to an activating group) is 1. The van der Waals surface area contributed by atoms with Gasteiger partial charge in [-0.2, -0.15) is 0 Å². The normalized spacial score (nSPS) is 9.93. The van der Waals surface area contributed by atoms with Gasteiger partial charge in [0.1, 0.15) is 0 Å². The Morgan fingerprint density at radius 2 is 1.79 bits per heavy atom. The van der Waals surface area contributed by atoms with Gasteiger partial charge >= 0.3 is 18.9 Å². The van der Waals surface area contributed by atoms with Crippen LogP contribution in [0, 0.1) is 0 Å². The van der Waals surface area contributed by atoms with E-state index in [-0.39, 0.29) is 20.3 Å². The summed E-state index contributed by atoms with van der Waals surface area (Å²) < 4.78 is 0. The third-order valence-electron chi connectivity index (χ3n) is 2.23. The molecule has 0 amide bonds. The van der Waals surface area contributed by atoms with E-state index < -0.39 is 0 Å². The first-order chi connectivity index (χ1) is 6.33. The summed E-state index contributed by atoms with van der Waals surface area (Å²) in [5, 5.41) is 0. The number of rotatable bonds is 5.